The fraction of sp³-hybridized carbons (Fsp3) is 0.750. The van der Waals surface area contributed by atoms with Crippen LogP contribution in [-0.2, 0) is 0 Å². The van der Waals surface area contributed by atoms with E-state index in [2.05, 4.69) is 36.3 Å². The lowest BCUT2D eigenvalue weighted by atomic mass is 9.91. The number of rotatable bonds is 2. The van der Waals surface area contributed by atoms with Crippen LogP contribution in [0.4, 0.5) is 0 Å². The molecule has 3 nitrogen and oxygen atoms in total. The number of nitrogens with zero attached hydrogens (tertiary/aromatic N) is 2. The summed E-state index contributed by atoms with van der Waals surface area (Å²) in [5.41, 5.74) is 3.77. The maximum atomic E-state index is 4.10. The summed E-state index contributed by atoms with van der Waals surface area (Å²) in [6.07, 6.45) is 1.77. The molecule has 0 fully saturated rings. The normalized spacial score (nSPS) is 14.1. The summed E-state index contributed by atoms with van der Waals surface area (Å²) in [7, 11) is 3.53. The Morgan fingerprint density at radius 2 is 1.91 bits per heavy atom. The SMILES string of the molecule is CN=CC(=NNC)C(C)(C)C. The molecule has 0 aliphatic rings. The highest BCUT2D eigenvalue weighted by molar-refractivity contribution is 6.32. The number of hydrazone groups is 1. The van der Waals surface area contributed by atoms with Gasteiger partial charge in [0.25, 0.3) is 0 Å². The number of hydrogen-bond acceptors (Lipinski definition) is 3. The molecule has 64 valence electrons. The van der Waals surface area contributed by atoms with Gasteiger partial charge in [-0.3, -0.25) is 4.99 Å². The van der Waals surface area contributed by atoms with Crippen molar-refractivity contribution in [2.75, 3.05) is 14.1 Å². The summed E-state index contributed by atoms with van der Waals surface area (Å²) < 4.78 is 0. The summed E-state index contributed by atoms with van der Waals surface area (Å²) in [5.74, 6) is 0. The van der Waals surface area contributed by atoms with Gasteiger partial charge in [-0.05, 0) is 0 Å². The van der Waals surface area contributed by atoms with Crippen molar-refractivity contribution in [2.24, 2.45) is 15.5 Å². The lowest BCUT2D eigenvalue weighted by Crippen LogP contribution is -2.23. The summed E-state index contributed by atoms with van der Waals surface area (Å²) >= 11 is 0. The Morgan fingerprint density at radius 3 is 2.18 bits per heavy atom. The zero-order valence-electron chi connectivity index (χ0n) is 7.97. The first-order valence-electron chi connectivity index (χ1n) is 3.69. The Morgan fingerprint density at radius 1 is 1.36 bits per heavy atom. The molecular weight excluding hydrogens is 138 g/mol. The molecule has 0 aromatic rings. The highest BCUT2D eigenvalue weighted by Crippen LogP contribution is 2.14. The van der Waals surface area contributed by atoms with E-state index >= 15 is 0 Å². The van der Waals surface area contributed by atoms with Crippen molar-refractivity contribution in [3.8, 4) is 0 Å². The van der Waals surface area contributed by atoms with Crippen LogP contribution in [0.3, 0.4) is 0 Å². The van der Waals surface area contributed by atoms with Crippen LogP contribution >= 0.6 is 0 Å². The van der Waals surface area contributed by atoms with Crippen LogP contribution in [0.2, 0.25) is 0 Å². The van der Waals surface area contributed by atoms with E-state index in [0.717, 1.165) is 5.71 Å². The summed E-state index contributed by atoms with van der Waals surface area (Å²) in [5, 5.41) is 4.10. The fourth-order valence-electron chi connectivity index (χ4n) is 0.633. The topological polar surface area (TPSA) is 36.8 Å². The van der Waals surface area contributed by atoms with Gasteiger partial charge in [-0.1, -0.05) is 20.8 Å². The molecule has 0 amide bonds. The number of aliphatic imine (C=N–C) groups is 1. The van der Waals surface area contributed by atoms with Crippen LogP contribution < -0.4 is 5.43 Å². The van der Waals surface area contributed by atoms with Crippen molar-refractivity contribution in [3.63, 3.8) is 0 Å². The lowest BCUT2D eigenvalue weighted by Gasteiger charge is -2.17. The highest BCUT2D eigenvalue weighted by Gasteiger charge is 2.16. The molecule has 0 aliphatic carbocycles. The van der Waals surface area contributed by atoms with E-state index in [4.69, 9.17) is 0 Å². The molecule has 0 aromatic heterocycles. The summed E-state index contributed by atoms with van der Waals surface area (Å²) in [4.78, 5) is 3.93. The molecule has 0 rings (SSSR count). The fourth-order valence-corrected chi connectivity index (χ4v) is 0.633. The second-order valence-corrected chi connectivity index (χ2v) is 3.36. The predicted molar refractivity (Wildman–Crippen MR) is 50.4 cm³/mol. The number of hydrogen-bond donors (Lipinski definition) is 1. The molecule has 0 spiro atoms. The third-order valence-corrected chi connectivity index (χ3v) is 1.25. The zero-order valence-corrected chi connectivity index (χ0v) is 7.97. The minimum Gasteiger partial charge on any atom is -0.313 e. The third kappa shape index (κ3) is 3.75. The molecule has 0 bridgehead atoms. The largest absolute Gasteiger partial charge is 0.313 e. The van der Waals surface area contributed by atoms with Gasteiger partial charge in [-0.2, -0.15) is 5.10 Å². The van der Waals surface area contributed by atoms with Crippen molar-refractivity contribution in [1.82, 2.24) is 5.43 Å². The van der Waals surface area contributed by atoms with E-state index in [0.29, 0.717) is 0 Å². The van der Waals surface area contributed by atoms with E-state index in [1.54, 1.807) is 20.3 Å². The molecule has 0 unspecified atom stereocenters. The molecule has 11 heavy (non-hydrogen) atoms. The van der Waals surface area contributed by atoms with Crippen LogP contribution in [0.25, 0.3) is 0 Å². The molecular formula is C8H17N3. The van der Waals surface area contributed by atoms with E-state index in [9.17, 15) is 0 Å². The first kappa shape index (κ1) is 10.1. The van der Waals surface area contributed by atoms with Gasteiger partial charge in [-0.15, -0.1) is 0 Å². The first-order chi connectivity index (χ1) is 5.02. The van der Waals surface area contributed by atoms with E-state index in [1.165, 1.54) is 0 Å². The molecule has 0 aliphatic heterocycles. The zero-order chi connectivity index (χ0) is 8.91. The molecule has 0 atom stereocenters. The smallest absolute Gasteiger partial charge is 0.0833 e. The van der Waals surface area contributed by atoms with Crippen LogP contribution in [0.15, 0.2) is 10.1 Å². The Hall–Kier alpha value is -0.860. The van der Waals surface area contributed by atoms with Crippen molar-refractivity contribution >= 4 is 11.9 Å². The standard InChI is InChI=1S/C8H17N3/c1-8(2,3)7(6-9-4)11-10-5/h6,10H,1-5H3. The average molecular weight is 155 g/mol. The Bertz CT molecular complexity index is 163. The lowest BCUT2D eigenvalue weighted by molar-refractivity contribution is 0.591. The maximum Gasteiger partial charge on any atom is 0.0833 e. The Labute approximate surface area is 68.6 Å². The van der Waals surface area contributed by atoms with Gasteiger partial charge < -0.3 is 5.43 Å². The van der Waals surface area contributed by atoms with Gasteiger partial charge in [0, 0.05) is 25.7 Å². The minimum absolute atomic E-state index is 0.0581. The van der Waals surface area contributed by atoms with Crippen molar-refractivity contribution in [3.05, 3.63) is 0 Å². The van der Waals surface area contributed by atoms with E-state index < -0.39 is 0 Å². The summed E-state index contributed by atoms with van der Waals surface area (Å²) in [6.45, 7) is 6.31. The Kier molecular flexibility index (Phi) is 3.79. The maximum absolute atomic E-state index is 4.10. The Balaban J connectivity index is 4.48. The van der Waals surface area contributed by atoms with Crippen molar-refractivity contribution < 1.29 is 0 Å². The molecule has 1 N–H and O–H groups in total. The first-order valence-corrected chi connectivity index (χ1v) is 3.69. The second kappa shape index (κ2) is 4.11. The summed E-state index contributed by atoms with van der Waals surface area (Å²) in [6, 6.07) is 0. The van der Waals surface area contributed by atoms with Crippen LogP contribution in [0.1, 0.15) is 20.8 Å². The van der Waals surface area contributed by atoms with Gasteiger partial charge in [0.05, 0.1) is 5.71 Å². The second-order valence-electron chi connectivity index (χ2n) is 3.36. The molecule has 0 saturated carbocycles. The molecule has 0 saturated heterocycles. The van der Waals surface area contributed by atoms with Gasteiger partial charge >= 0.3 is 0 Å². The average Bonchev–Trinajstić information content (AvgIpc) is 1.85. The van der Waals surface area contributed by atoms with Crippen molar-refractivity contribution in [2.45, 2.75) is 20.8 Å². The highest BCUT2D eigenvalue weighted by atomic mass is 15.3. The quantitative estimate of drug-likeness (QED) is 0.473. The molecule has 0 heterocycles. The minimum atomic E-state index is 0.0581. The predicted octanol–water partition coefficient (Wildman–Crippen LogP) is 1.31. The number of nitrogens with one attached hydrogen (secondary N) is 1. The van der Waals surface area contributed by atoms with Gasteiger partial charge in [-0.25, -0.2) is 0 Å². The van der Waals surface area contributed by atoms with Gasteiger partial charge in [0.15, 0.2) is 0 Å². The van der Waals surface area contributed by atoms with Gasteiger partial charge in [0.1, 0.15) is 0 Å². The van der Waals surface area contributed by atoms with E-state index in [1.807, 2.05) is 0 Å². The third-order valence-electron chi connectivity index (χ3n) is 1.25. The molecule has 0 aromatic carbocycles. The molecule has 0 radical (unpaired) electrons. The monoisotopic (exact) mass is 155 g/mol. The van der Waals surface area contributed by atoms with Crippen molar-refractivity contribution in [1.29, 1.82) is 0 Å². The van der Waals surface area contributed by atoms with Crippen LogP contribution in [0, 0.1) is 5.41 Å². The van der Waals surface area contributed by atoms with Gasteiger partial charge in [0.2, 0.25) is 0 Å². The van der Waals surface area contributed by atoms with Crippen LogP contribution in [-0.4, -0.2) is 26.0 Å². The molecule has 3 heteroatoms. The van der Waals surface area contributed by atoms with Crippen LogP contribution in [0.5, 0.6) is 0 Å². The van der Waals surface area contributed by atoms with E-state index in [-0.39, 0.29) is 5.41 Å².